The first-order valence-corrected chi connectivity index (χ1v) is 9.79. The smallest absolute Gasteiger partial charge is 0.251 e. The number of carbonyl (C=O) groups is 1. The monoisotopic (exact) mass is 383 g/mol. The SMILES string of the molecule is CN(C)CCOC1=Cc2ccccc2Sc2ccc(C(=O)NCCN)cc21. The Morgan fingerprint density at radius 2 is 2.00 bits per heavy atom. The van der Waals surface area contributed by atoms with Gasteiger partial charge in [-0.2, -0.15) is 0 Å². The number of carbonyl (C=O) groups excluding carboxylic acids is 1. The number of hydrogen-bond acceptors (Lipinski definition) is 5. The summed E-state index contributed by atoms with van der Waals surface area (Å²) in [5, 5.41) is 2.82. The molecule has 1 aliphatic rings. The molecular formula is C21H25N3O2S. The van der Waals surface area contributed by atoms with Crippen molar-refractivity contribution in [2.24, 2.45) is 5.73 Å². The molecule has 0 unspecified atom stereocenters. The molecule has 0 radical (unpaired) electrons. The van der Waals surface area contributed by atoms with Crippen LogP contribution in [0.1, 0.15) is 21.5 Å². The molecule has 0 atom stereocenters. The van der Waals surface area contributed by atoms with Gasteiger partial charge in [-0.25, -0.2) is 0 Å². The Balaban J connectivity index is 1.96. The number of rotatable bonds is 7. The molecule has 1 heterocycles. The van der Waals surface area contributed by atoms with Crippen LogP contribution in [0.3, 0.4) is 0 Å². The van der Waals surface area contributed by atoms with Gasteiger partial charge in [0.2, 0.25) is 0 Å². The van der Waals surface area contributed by atoms with E-state index >= 15 is 0 Å². The van der Waals surface area contributed by atoms with Crippen LogP contribution in [-0.2, 0) is 4.74 Å². The number of nitrogens with zero attached hydrogens (tertiary/aromatic N) is 1. The molecule has 27 heavy (non-hydrogen) atoms. The van der Waals surface area contributed by atoms with Crippen molar-refractivity contribution in [3.63, 3.8) is 0 Å². The first kappa shape index (κ1) is 19.5. The zero-order valence-electron chi connectivity index (χ0n) is 15.7. The molecule has 0 spiro atoms. The average Bonchev–Trinajstić information content (AvgIpc) is 2.81. The summed E-state index contributed by atoms with van der Waals surface area (Å²) in [5.74, 6) is 0.667. The van der Waals surface area contributed by atoms with Crippen molar-refractivity contribution in [3.05, 3.63) is 59.2 Å². The van der Waals surface area contributed by atoms with E-state index < -0.39 is 0 Å². The number of amides is 1. The van der Waals surface area contributed by atoms with Crippen molar-refractivity contribution >= 4 is 29.5 Å². The normalized spacial score (nSPS) is 12.7. The van der Waals surface area contributed by atoms with Gasteiger partial charge in [0.15, 0.2) is 0 Å². The summed E-state index contributed by atoms with van der Waals surface area (Å²) in [5.41, 5.74) is 8.15. The van der Waals surface area contributed by atoms with Gasteiger partial charge >= 0.3 is 0 Å². The second-order valence-electron chi connectivity index (χ2n) is 6.56. The molecule has 142 valence electrons. The fourth-order valence-electron chi connectivity index (χ4n) is 2.73. The predicted octanol–water partition coefficient (Wildman–Crippen LogP) is 2.92. The van der Waals surface area contributed by atoms with Gasteiger partial charge in [0, 0.05) is 40.6 Å². The maximum absolute atomic E-state index is 12.4. The Hall–Kier alpha value is -2.28. The van der Waals surface area contributed by atoms with Gasteiger partial charge in [0.1, 0.15) is 12.4 Å². The summed E-state index contributed by atoms with van der Waals surface area (Å²) in [6.07, 6.45) is 2.06. The van der Waals surface area contributed by atoms with E-state index in [1.54, 1.807) is 11.8 Å². The topological polar surface area (TPSA) is 67.6 Å². The molecule has 0 fully saturated rings. The number of fused-ring (bicyclic) bond motifs is 2. The van der Waals surface area contributed by atoms with Crippen LogP contribution >= 0.6 is 11.8 Å². The van der Waals surface area contributed by atoms with Crippen LogP contribution in [0.2, 0.25) is 0 Å². The van der Waals surface area contributed by atoms with Crippen LogP contribution in [0.5, 0.6) is 0 Å². The summed E-state index contributed by atoms with van der Waals surface area (Å²) in [6.45, 7) is 2.27. The Morgan fingerprint density at radius 3 is 2.78 bits per heavy atom. The summed E-state index contributed by atoms with van der Waals surface area (Å²) < 4.78 is 6.13. The maximum atomic E-state index is 12.4. The molecule has 0 aromatic heterocycles. The minimum atomic E-state index is -0.123. The third kappa shape index (κ3) is 4.91. The number of benzene rings is 2. The number of likely N-dealkylation sites (N-methyl/N-ethyl adjacent to an activating group) is 1. The fourth-order valence-corrected chi connectivity index (χ4v) is 3.76. The molecule has 6 heteroatoms. The molecule has 0 saturated carbocycles. The molecule has 0 saturated heterocycles. The van der Waals surface area contributed by atoms with E-state index in [9.17, 15) is 4.79 Å². The van der Waals surface area contributed by atoms with Gasteiger partial charge < -0.3 is 20.7 Å². The summed E-state index contributed by atoms with van der Waals surface area (Å²) in [4.78, 5) is 16.7. The first-order chi connectivity index (χ1) is 13.1. The zero-order chi connectivity index (χ0) is 19.2. The Bertz CT molecular complexity index is 849. The average molecular weight is 384 g/mol. The molecule has 1 amide bonds. The van der Waals surface area contributed by atoms with E-state index in [4.69, 9.17) is 10.5 Å². The number of hydrogen-bond donors (Lipinski definition) is 2. The third-order valence-corrected chi connectivity index (χ3v) is 5.33. The highest BCUT2D eigenvalue weighted by molar-refractivity contribution is 7.99. The molecule has 0 aliphatic carbocycles. The fraction of sp³-hybridized carbons (Fsp3) is 0.286. The van der Waals surface area contributed by atoms with Gasteiger partial charge in [-0.3, -0.25) is 4.79 Å². The quantitative estimate of drug-likeness (QED) is 0.770. The molecule has 3 N–H and O–H groups in total. The number of nitrogens with two attached hydrogens (primary N) is 1. The molecule has 2 aromatic carbocycles. The lowest BCUT2D eigenvalue weighted by molar-refractivity contribution is 0.0954. The third-order valence-electron chi connectivity index (χ3n) is 4.16. The van der Waals surface area contributed by atoms with Gasteiger partial charge in [0.25, 0.3) is 5.91 Å². The Kier molecular flexibility index (Phi) is 6.55. The van der Waals surface area contributed by atoms with Gasteiger partial charge in [0.05, 0.1) is 0 Å². The lowest BCUT2D eigenvalue weighted by Crippen LogP contribution is -2.29. The van der Waals surface area contributed by atoms with E-state index in [0.717, 1.165) is 28.3 Å². The van der Waals surface area contributed by atoms with Crippen LogP contribution in [0.25, 0.3) is 11.8 Å². The lowest BCUT2D eigenvalue weighted by Gasteiger charge is -2.16. The largest absolute Gasteiger partial charge is 0.492 e. The highest BCUT2D eigenvalue weighted by Crippen LogP contribution is 2.41. The van der Waals surface area contributed by atoms with E-state index in [2.05, 4.69) is 28.4 Å². The Morgan fingerprint density at radius 1 is 1.19 bits per heavy atom. The van der Waals surface area contributed by atoms with Crippen LogP contribution in [-0.4, -0.2) is 51.1 Å². The van der Waals surface area contributed by atoms with Gasteiger partial charge in [-0.15, -0.1) is 0 Å². The second kappa shape index (κ2) is 9.08. The Labute approximate surface area is 164 Å². The second-order valence-corrected chi connectivity index (χ2v) is 7.64. The van der Waals surface area contributed by atoms with E-state index in [-0.39, 0.29) is 5.91 Å². The van der Waals surface area contributed by atoms with E-state index in [1.165, 1.54) is 4.90 Å². The number of ether oxygens (including phenoxy) is 1. The molecule has 0 bridgehead atoms. The number of nitrogens with one attached hydrogen (secondary N) is 1. The van der Waals surface area contributed by atoms with Gasteiger partial charge in [-0.05, 0) is 50.0 Å². The maximum Gasteiger partial charge on any atom is 0.251 e. The van der Waals surface area contributed by atoms with Crippen LogP contribution in [0.15, 0.2) is 52.3 Å². The molecule has 1 aliphatic heterocycles. The minimum Gasteiger partial charge on any atom is -0.492 e. The highest BCUT2D eigenvalue weighted by Gasteiger charge is 2.19. The minimum absolute atomic E-state index is 0.123. The summed E-state index contributed by atoms with van der Waals surface area (Å²) >= 11 is 1.69. The van der Waals surface area contributed by atoms with Crippen molar-refractivity contribution in [3.8, 4) is 0 Å². The zero-order valence-corrected chi connectivity index (χ0v) is 16.5. The van der Waals surface area contributed by atoms with Crippen molar-refractivity contribution in [1.82, 2.24) is 10.2 Å². The van der Waals surface area contributed by atoms with Crippen LogP contribution in [0.4, 0.5) is 0 Å². The molecular weight excluding hydrogens is 358 g/mol. The van der Waals surface area contributed by atoms with Crippen LogP contribution < -0.4 is 11.1 Å². The first-order valence-electron chi connectivity index (χ1n) is 8.97. The molecule has 5 nitrogen and oxygen atoms in total. The van der Waals surface area contributed by atoms with Crippen LogP contribution in [0, 0.1) is 0 Å². The van der Waals surface area contributed by atoms with E-state index in [1.807, 2.05) is 44.4 Å². The van der Waals surface area contributed by atoms with Crippen molar-refractivity contribution < 1.29 is 9.53 Å². The van der Waals surface area contributed by atoms with E-state index in [0.29, 0.717) is 25.3 Å². The van der Waals surface area contributed by atoms with Crippen molar-refractivity contribution in [1.29, 1.82) is 0 Å². The summed E-state index contributed by atoms with van der Waals surface area (Å²) in [7, 11) is 4.04. The standard InChI is InChI=1S/C21H25N3O2S/c1-24(2)11-12-26-18-14-15-5-3-4-6-19(15)27-20-8-7-16(13-17(18)20)21(25)23-10-9-22/h3-8,13-14H,9-12,22H2,1-2H3,(H,23,25). The van der Waals surface area contributed by atoms with Gasteiger partial charge in [-0.1, -0.05) is 30.0 Å². The predicted molar refractivity (Wildman–Crippen MR) is 111 cm³/mol. The molecule has 3 rings (SSSR count). The molecule has 2 aromatic rings. The lowest BCUT2D eigenvalue weighted by atomic mass is 10.1. The van der Waals surface area contributed by atoms with Crippen molar-refractivity contribution in [2.45, 2.75) is 9.79 Å². The summed E-state index contributed by atoms with van der Waals surface area (Å²) in [6, 6.07) is 14.0. The van der Waals surface area contributed by atoms with Crippen molar-refractivity contribution in [2.75, 3.05) is 40.3 Å². The highest BCUT2D eigenvalue weighted by atomic mass is 32.2.